The molecule has 0 N–H and O–H groups in total. The lowest BCUT2D eigenvalue weighted by molar-refractivity contribution is -0.146. The average Bonchev–Trinajstić information content (AvgIpc) is 2.43. The monoisotopic (exact) mass is 274 g/mol. The molecule has 0 spiro atoms. The zero-order chi connectivity index (χ0) is 15.1. The third-order valence-electron chi connectivity index (χ3n) is 2.76. The minimum Gasteiger partial charge on any atom is -0.469 e. The summed E-state index contributed by atoms with van der Waals surface area (Å²) in [6.07, 6.45) is 6.69. The summed E-state index contributed by atoms with van der Waals surface area (Å²) >= 11 is 0. The van der Waals surface area contributed by atoms with Crippen LogP contribution in [0.15, 0.2) is 0 Å². The molecule has 0 aliphatic heterocycles. The third kappa shape index (κ3) is 13.2. The van der Waals surface area contributed by atoms with E-state index in [0.29, 0.717) is 6.42 Å². The molecule has 0 aromatic rings. The molecule has 19 heavy (non-hydrogen) atoms. The Hall–Kier alpha value is -1.06. The zero-order valence-corrected chi connectivity index (χ0v) is 13.2. The van der Waals surface area contributed by atoms with Gasteiger partial charge in [0.25, 0.3) is 0 Å². The maximum Gasteiger partial charge on any atom is 0.308 e. The second-order valence-electron chi connectivity index (χ2n) is 4.48. The third-order valence-corrected chi connectivity index (χ3v) is 2.76. The molecular formula is C15H30O4. The van der Waals surface area contributed by atoms with Crippen molar-refractivity contribution in [1.29, 1.82) is 0 Å². The van der Waals surface area contributed by atoms with Crippen molar-refractivity contribution in [3.8, 4) is 0 Å². The lowest BCUT2D eigenvalue weighted by atomic mass is 9.97. The van der Waals surface area contributed by atoms with Gasteiger partial charge in [0.2, 0.25) is 0 Å². The Kier molecular flexibility index (Phi) is 16.0. The van der Waals surface area contributed by atoms with Gasteiger partial charge in [-0.1, -0.05) is 40.0 Å². The molecule has 4 nitrogen and oxygen atoms in total. The number of carbonyl (C=O) groups excluding carboxylic acids is 2. The fraction of sp³-hybridized carbons (Fsp3) is 0.867. The molecule has 0 aliphatic carbocycles. The van der Waals surface area contributed by atoms with Crippen molar-refractivity contribution < 1.29 is 19.1 Å². The molecule has 0 bridgehead atoms. The molecule has 0 fully saturated rings. The van der Waals surface area contributed by atoms with E-state index in [1.165, 1.54) is 14.2 Å². The number of rotatable bonds is 8. The molecule has 0 saturated heterocycles. The highest BCUT2D eigenvalue weighted by Crippen LogP contribution is 2.15. The van der Waals surface area contributed by atoms with Crippen LogP contribution in [0.3, 0.4) is 0 Å². The van der Waals surface area contributed by atoms with Gasteiger partial charge in [0.15, 0.2) is 0 Å². The summed E-state index contributed by atoms with van der Waals surface area (Å²) in [6.45, 7) is 6.18. The van der Waals surface area contributed by atoms with Gasteiger partial charge in [-0.25, -0.2) is 0 Å². The predicted octanol–water partition coefficient (Wildman–Crippen LogP) is 3.73. The van der Waals surface area contributed by atoms with Crippen LogP contribution in [0.2, 0.25) is 0 Å². The topological polar surface area (TPSA) is 52.6 Å². The van der Waals surface area contributed by atoms with Crippen LogP contribution in [0.1, 0.15) is 65.7 Å². The number of methoxy groups -OCH3 is 2. The Morgan fingerprint density at radius 2 is 1.53 bits per heavy atom. The summed E-state index contributed by atoms with van der Waals surface area (Å²) < 4.78 is 9.07. The Balaban J connectivity index is 0. The van der Waals surface area contributed by atoms with Crippen LogP contribution in [-0.4, -0.2) is 26.2 Å². The highest BCUT2D eigenvalue weighted by Gasteiger charge is 2.16. The molecule has 0 rings (SSSR count). The lowest BCUT2D eigenvalue weighted by Gasteiger charge is -2.12. The summed E-state index contributed by atoms with van der Waals surface area (Å²) in [7, 11) is 2.87. The van der Waals surface area contributed by atoms with Crippen LogP contribution in [0, 0.1) is 5.92 Å². The van der Waals surface area contributed by atoms with Gasteiger partial charge < -0.3 is 9.47 Å². The Morgan fingerprint density at radius 3 is 1.84 bits per heavy atom. The first-order valence-electron chi connectivity index (χ1n) is 7.21. The Morgan fingerprint density at radius 1 is 0.895 bits per heavy atom. The van der Waals surface area contributed by atoms with E-state index >= 15 is 0 Å². The van der Waals surface area contributed by atoms with Crippen LogP contribution >= 0.6 is 0 Å². The summed E-state index contributed by atoms with van der Waals surface area (Å²) in [5, 5.41) is 0. The summed E-state index contributed by atoms with van der Waals surface area (Å²) in [5.74, 6) is -0.0206. The maximum atomic E-state index is 11.2. The number of ether oxygens (including phenoxy) is 2. The van der Waals surface area contributed by atoms with E-state index < -0.39 is 0 Å². The van der Waals surface area contributed by atoms with Gasteiger partial charge in [-0.05, 0) is 19.3 Å². The molecule has 4 heteroatoms. The Bertz CT molecular complexity index is 226. The van der Waals surface area contributed by atoms with Crippen molar-refractivity contribution in [1.82, 2.24) is 0 Å². The van der Waals surface area contributed by atoms with Gasteiger partial charge in [-0.3, -0.25) is 9.59 Å². The van der Waals surface area contributed by atoms with Gasteiger partial charge in [0, 0.05) is 6.42 Å². The summed E-state index contributed by atoms with van der Waals surface area (Å²) in [4.78, 5) is 21.4. The molecule has 1 atom stereocenters. The van der Waals surface area contributed by atoms with Gasteiger partial charge in [0.05, 0.1) is 20.1 Å². The summed E-state index contributed by atoms with van der Waals surface area (Å²) in [6, 6.07) is 0. The molecule has 0 heterocycles. The van der Waals surface area contributed by atoms with Gasteiger partial charge in [0.1, 0.15) is 0 Å². The number of esters is 2. The van der Waals surface area contributed by atoms with Crippen LogP contribution in [0.4, 0.5) is 0 Å². The lowest BCUT2D eigenvalue weighted by Crippen LogP contribution is -2.15. The maximum absolute atomic E-state index is 11.2. The van der Waals surface area contributed by atoms with Gasteiger partial charge in [-0.15, -0.1) is 0 Å². The normalized spacial score (nSPS) is 11.0. The molecule has 0 saturated carbocycles. The molecule has 114 valence electrons. The van der Waals surface area contributed by atoms with Gasteiger partial charge >= 0.3 is 11.9 Å². The molecule has 0 amide bonds. The molecule has 0 aliphatic rings. The number of unbranched alkanes of at least 4 members (excludes halogenated alkanes) is 1. The Labute approximate surface area is 117 Å². The van der Waals surface area contributed by atoms with E-state index in [-0.39, 0.29) is 17.9 Å². The van der Waals surface area contributed by atoms with Crippen molar-refractivity contribution in [2.24, 2.45) is 5.92 Å². The second-order valence-corrected chi connectivity index (χ2v) is 4.48. The highest BCUT2D eigenvalue weighted by atomic mass is 16.5. The minimum atomic E-state index is -0.123. The molecule has 1 unspecified atom stereocenters. The van der Waals surface area contributed by atoms with E-state index in [0.717, 1.165) is 38.5 Å². The van der Waals surface area contributed by atoms with E-state index in [1.54, 1.807) is 0 Å². The van der Waals surface area contributed by atoms with Crippen molar-refractivity contribution in [2.45, 2.75) is 65.7 Å². The van der Waals surface area contributed by atoms with E-state index in [9.17, 15) is 9.59 Å². The first-order chi connectivity index (χ1) is 9.06. The number of hydrogen-bond donors (Lipinski definition) is 0. The fourth-order valence-corrected chi connectivity index (χ4v) is 1.65. The van der Waals surface area contributed by atoms with Crippen molar-refractivity contribution >= 4 is 11.9 Å². The smallest absolute Gasteiger partial charge is 0.308 e. The van der Waals surface area contributed by atoms with Crippen LogP contribution < -0.4 is 0 Å². The van der Waals surface area contributed by atoms with Crippen molar-refractivity contribution in [3.05, 3.63) is 0 Å². The van der Waals surface area contributed by atoms with Crippen LogP contribution in [0.25, 0.3) is 0 Å². The fourth-order valence-electron chi connectivity index (χ4n) is 1.65. The zero-order valence-electron chi connectivity index (χ0n) is 13.2. The predicted molar refractivity (Wildman–Crippen MR) is 76.9 cm³/mol. The number of carbonyl (C=O) groups is 2. The minimum absolute atomic E-state index is 0.0368. The van der Waals surface area contributed by atoms with Crippen molar-refractivity contribution in [2.75, 3.05) is 14.2 Å². The molecule has 0 aromatic carbocycles. The van der Waals surface area contributed by atoms with E-state index in [1.807, 2.05) is 6.92 Å². The van der Waals surface area contributed by atoms with Crippen molar-refractivity contribution in [3.63, 3.8) is 0 Å². The summed E-state index contributed by atoms with van der Waals surface area (Å²) in [5.41, 5.74) is 0. The number of hydrogen-bond acceptors (Lipinski definition) is 4. The van der Waals surface area contributed by atoms with Crippen LogP contribution in [0.5, 0.6) is 0 Å². The molecular weight excluding hydrogens is 244 g/mol. The standard InChI is InChI=1S/C10H20O2.C5H10O2/c1-4-6-8-9(7-5-2)10(11)12-3;1-3-4-5(6)7-2/h9H,4-8H2,1-3H3;3-4H2,1-2H3. The SMILES string of the molecule is CCCC(=O)OC.CCCCC(CCC)C(=O)OC. The highest BCUT2D eigenvalue weighted by molar-refractivity contribution is 5.72. The second kappa shape index (κ2) is 15.0. The first-order valence-corrected chi connectivity index (χ1v) is 7.21. The van der Waals surface area contributed by atoms with Crippen LogP contribution in [-0.2, 0) is 19.1 Å². The van der Waals surface area contributed by atoms with E-state index in [2.05, 4.69) is 18.6 Å². The first kappa shape index (κ1) is 20.3. The largest absolute Gasteiger partial charge is 0.469 e. The van der Waals surface area contributed by atoms with E-state index in [4.69, 9.17) is 4.74 Å². The quantitative estimate of drug-likeness (QED) is 0.633. The molecule has 0 radical (unpaired) electrons. The average molecular weight is 274 g/mol. The molecule has 0 aromatic heterocycles. The van der Waals surface area contributed by atoms with Gasteiger partial charge in [-0.2, -0.15) is 0 Å².